The lowest BCUT2D eigenvalue weighted by Gasteiger charge is -2.22. The van der Waals surface area contributed by atoms with Gasteiger partial charge in [0.2, 0.25) is 0 Å². The lowest BCUT2D eigenvalue weighted by Crippen LogP contribution is -2.44. The van der Waals surface area contributed by atoms with E-state index in [9.17, 15) is 4.79 Å². The number of nitrogens with zero attached hydrogens (tertiary/aromatic N) is 3. The van der Waals surface area contributed by atoms with Gasteiger partial charge < -0.3 is 10.2 Å². The second-order valence-corrected chi connectivity index (χ2v) is 7.97. The molecule has 0 spiro atoms. The Morgan fingerprint density at radius 2 is 2.06 bits per heavy atom. The molecule has 0 aromatic heterocycles. The van der Waals surface area contributed by atoms with Gasteiger partial charge in [0.25, 0.3) is 5.91 Å². The quantitative estimate of drug-likeness (QED) is 0.829. The number of hydrogen-bond acceptors (Lipinski definition) is 4. The van der Waals surface area contributed by atoms with Crippen molar-refractivity contribution in [2.45, 2.75) is 25.9 Å². The second-order valence-electron chi connectivity index (χ2n) is 7.97. The van der Waals surface area contributed by atoms with E-state index in [-0.39, 0.29) is 5.91 Å². The summed E-state index contributed by atoms with van der Waals surface area (Å²) in [5.74, 6) is -0.0506. The molecule has 1 unspecified atom stereocenters. The number of hydrogen-bond donors (Lipinski definition) is 1. The fourth-order valence-electron chi connectivity index (χ4n) is 4.39. The van der Waals surface area contributed by atoms with Gasteiger partial charge in [-0.05, 0) is 36.6 Å². The molecule has 3 aliphatic heterocycles. The van der Waals surface area contributed by atoms with Gasteiger partial charge in [-0.2, -0.15) is 0 Å². The van der Waals surface area contributed by atoms with Crippen LogP contribution in [0.15, 0.2) is 88.7 Å². The van der Waals surface area contributed by atoms with Crippen molar-refractivity contribution in [3.63, 3.8) is 0 Å². The minimum atomic E-state index is -0.750. The van der Waals surface area contributed by atoms with Gasteiger partial charge in [-0.3, -0.25) is 9.79 Å². The number of allylic oxidation sites excluding steroid dienone is 2. The molecule has 1 amide bonds. The van der Waals surface area contributed by atoms with Crippen LogP contribution in [0.1, 0.15) is 28.7 Å². The molecule has 2 aromatic carbocycles. The molecule has 154 valence electrons. The first-order valence-electron chi connectivity index (χ1n) is 10.5. The SMILES string of the molecule is C=C(NC1N=C(c2ccccc2)c2cc(C)cc3c2N(CC3)C1=O)C1=CCC=NC=C1. The van der Waals surface area contributed by atoms with Crippen molar-refractivity contribution >= 4 is 23.5 Å². The van der Waals surface area contributed by atoms with E-state index in [1.54, 1.807) is 6.20 Å². The minimum absolute atomic E-state index is 0.0506. The highest BCUT2D eigenvalue weighted by atomic mass is 16.2. The van der Waals surface area contributed by atoms with Crippen molar-refractivity contribution in [1.29, 1.82) is 0 Å². The first-order chi connectivity index (χ1) is 15.1. The van der Waals surface area contributed by atoms with Crippen molar-refractivity contribution in [1.82, 2.24) is 5.32 Å². The molecule has 0 saturated heterocycles. The summed E-state index contributed by atoms with van der Waals surface area (Å²) < 4.78 is 0. The van der Waals surface area contributed by atoms with Gasteiger partial charge in [-0.25, -0.2) is 4.99 Å². The van der Waals surface area contributed by atoms with E-state index < -0.39 is 6.17 Å². The fraction of sp³-hybridized carbons (Fsp3) is 0.192. The smallest absolute Gasteiger partial charge is 0.272 e. The summed E-state index contributed by atoms with van der Waals surface area (Å²) in [6.45, 7) is 6.94. The fourth-order valence-corrected chi connectivity index (χ4v) is 4.39. The molecule has 1 N–H and O–H groups in total. The highest BCUT2D eigenvalue weighted by molar-refractivity contribution is 6.21. The van der Waals surface area contributed by atoms with E-state index >= 15 is 0 Å². The Hall–Kier alpha value is -3.73. The largest absolute Gasteiger partial charge is 0.356 e. The van der Waals surface area contributed by atoms with Gasteiger partial charge in [-0.1, -0.05) is 54.6 Å². The average Bonchev–Trinajstić information content (AvgIpc) is 2.95. The minimum Gasteiger partial charge on any atom is -0.356 e. The predicted molar refractivity (Wildman–Crippen MR) is 126 cm³/mol. The number of aliphatic imine (C=N–C) groups is 2. The zero-order chi connectivity index (χ0) is 21.4. The summed E-state index contributed by atoms with van der Waals surface area (Å²) in [5.41, 5.74) is 7.81. The van der Waals surface area contributed by atoms with Gasteiger partial charge in [0.15, 0.2) is 6.17 Å². The molecule has 0 aliphatic carbocycles. The average molecular weight is 409 g/mol. The number of rotatable bonds is 4. The van der Waals surface area contributed by atoms with E-state index in [1.807, 2.05) is 53.6 Å². The van der Waals surface area contributed by atoms with Crippen molar-refractivity contribution in [3.8, 4) is 0 Å². The third kappa shape index (κ3) is 3.52. The Morgan fingerprint density at radius 1 is 1.23 bits per heavy atom. The van der Waals surface area contributed by atoms with E-state index in [0.717, 1.165) is 40.9 Å². The maximum atomic E-state index is 13.6. The summed E-state index contributed by atoms with van der Waals surface area (Å²) in [5, 5.41) is 3.29. The first kappa shape index (κ1) is 19.2. The normalized spacial score (nSPS) is 19.3. The highest BCUT2D eigenvalue weighted by Crippen LogP contribution is 2.37. The third-order valence-electron chi connectivity index (χ3n) is 5.82. The molecule has 3 heterocycles. The van der Waals surface area contributed by atoms with Crippen molar-refractivity contribution in [2.75, 3.05) is 11.4 Å². The van der Waals surface area contributed by atoms with Crippen LogP contribution in [0.2, 0.25) is 0 Å². The molecule has 2 aromatic rings. The van der Waals surface area contributed by atoms with Crippen LogP contribution in [0.3, 0.4) is 0 Å². The molecule has 5 heteroatoms. The summed E-state index contributed by atoms with van der Waals surface area (Å²) in [6.07, 6.45) is 8.34. The molecule has 31 heavy (non-hydrogen) atoms. The summed E-state index contributed by atoms with van der Waals surface area (Å²) in [7, 11) is 0. The zero-order valence-electron chi connectivity index (χ0n) is 17.5. The standard InChI is InChI=1S/C26H24N4O/c1-17-15-21-11-14-30-24(21)22(16-17)23(20-7-4-3-5-8-20)29-25(26(30)31)28-18(2)19-9-6-12-27-13-10-19/h3-5,7-10,12-13,15-16,25,28H,2,6,11,14H2,1H3. The van der Waals surface area contributed by atoms with Crippen molar-refractivity contribution in [3.05, 3.63) is 101 Å². The first-order valence-corrected chi connectivity index (χ1v) is 10.5. The van der Waals surface area contributed by atoms with Gasteiger partial charge in [0.05, 0.1) is 11.4 Å². The molecular weight excluding hydrogens is 384 g/mol. The number of amides is 1. The van der Waals surface area contributed by atoms with E-state index in [1.165, 1.54) is 11.1 Å². The van der Waals surface area contributed by atoms with Crippen LogP contribution in [-0.2, 0) is 11.2 Å². The second kappa shape index (κ2) is 7.84. The maximum absolute atomic E-state index is 13.6. The van der Waals surface area contributed by atoms with Gasteiger partial charge in [0.1, 0.15) is 0 Å². The van der Waals surface area contributed by atoms with Gasteiger partial charge in [-0.15, -0.1) is 0 Å². The lowest BCUT2D eigenvalue weighted by atomic mass is 9.96. The predicted octanol–water partition coefficient (Wildman–Crippen LogP) is 4.08. The maximum Gasteiger partial charge on any atom is 0.272 e. The Morgan fingerprint density at radius 3 is 2.90 bits per heavy atom. The zero-order valence-corrected chi connectivity index (χ0v) is 17.5. The number of nitrogens with one attached hydrogen (secondary N) is 1. The van der Waals surface area contributed by atoms with Crippen LogP contribution in [-0.4, -0.2) is 30.5 Å². The Bertz CT molecular complexity index is 1190. The molecule has 0 saturated carbocycles. The molecule has 5 rings (SSSR count). The number of benzene rings is 2. The molecule has 5 nitrogen and oxygen atoms in total. The van der Waals surface area contributed by atoms with Crippen LogP contribution in [0.25, 0.3) is 0 Å². The topological polar surface area (TPSA) is 57.1 Å². The Labute approximate surface area is 182 Å². The van der Waals surface area contributed by atoms with Crippen LogP contribution in [0, 0.1) is 6.92 Å². The number of carbonyl (C=O) groups excluding carboxylic acids is 1. The van der Waals surface area contributed by atoms with E-state index in [4.69, 9.17) is 4.99 Å². The summed E-state index contributed by atoms with van der Waals surface area (Å²) in [4.78, 5) is 24.6. The molecule has 1 atom stereocenters. The number of aryl methyl sites for hydroxylation is 1. The van der Waals surface area contributed by atoms with Crippen molar-refractivity contribution < 1.29 is 4.79 Å². The molecule has 0 fully saturated rings. The Balaban J connectivity index is 1.60. The molecular formula is C26H24N4O. The monoisotopic (exact) mass is 408 g/mol. The summed E-state index contributed by atoms with van der Waals surface area (Å²) >= 11 is 0. The highest BCUT2D eigenvalue weighted by Gasteiger charge is 2.36. The third-order valence-corrected chi connectivity index (χ3v) is 5.82. The molecule has 0 radical (unpaired) electrons. The number of carbonyl (C=O) groups is 1. The number of anilines is 1. The molecule has 3 aliphatic rings. The lowest BCUT2D eigenvalue weighted by molar-refractivity contribution is -0.120. The van der Waals surface area contributed by atoms with Crippen molar-refractivity contribution in [2.24, 2.45) is 9.98 Å². The van der Waals surface area contributed by atoms with Crippen LogP contribution >= 0.6 is 0 Å². The van der Waals surface area contributed by atoms with Crippen LogP contribution in [0.4, 0.5) is 5.69 Å². The Kier molecular flexibility index (Phi) is 4.86. The van der Waals surface area contributed by atoms with Crippen LogP contribution in [0.5, 0.6) is 0 Å². The van der Waals surface area contributed by atoms with Crippen LogP contribution < -0.4 is 10.2 Å². The van der Waals surface area contributed by atoms with Gasteiger partial charge >= 0.3 is 0 Å². The van der Waals surface area contributed by atoms with E-state index in [2.05, 4.69) is 35.9 Å². The van der Waals surface area contributed by atoms with E-state index in [0.29, 0.717) is 12.2 Å². The molecule has 0 bridgehead atoms. The van der Waals surface area contributed by atoms with Gasteiger partial charge in [0, 0.05) is 42.2 Å². The summed E-state index contributed by atoms with van der Waals surface area (Å²) in [6, 6.07) is 14.4.